The van der Waals surface area contributed by atoms with Crippen LogP contribution in [0.2, 0.25) is 0 Å². The molecule has 5 nitrogen and oxygen atoms in total. The molecule has 0 saturated carbocycles. The summed E-state index contributed by atoms with van der Waals surface area (Å²) >= 11 is 0. The van der Waals surface area contributed by atoms with E-state index in [0.717, 1.165) is 26.1 Å². The quantitative estimate of drug-likeness (QED) is 0.895. The number of fused-ring (bicyclic) bond motifs is 4. The predicted octanol–water partition coefficient (Wildman–Crippen LogP) is 1.34. The van der Waals surface area contributed by atoms with Crippen LogP contribution in [-0.4, -0.2) is 48.6 Å². The number of ether oxygens (including phenoxy) is 1. The van der Waals surface area contributed by atoms with Gasteiger partial charge in [-0.3, -0.25) is 4.79 Å². The highest BCUT2D eigenvalue weighted by molar-refractivity contribution is 5.92. The molecule has 3 fully saturated rings. The monoisotopic (exact) mass is 297 g/mol. The minimum atomic E-state index is 0. The number of nitrogens with one attached hydrogen (secondary N) is 1. The number of carbonyl (C=O) groups excluding carboxylic acids is 1. The molecular weight excluding hydrogens is 278 g/mol. The van der Waals surface area contributed by atoms with E-state index in [-0.39, 0.29) is 18.3 Å². The summed E-state index contributed by atoms with van der Waals surface area (Å²) in [6, 6.07) is 5.64. The van der Waals surface area contributed by atoms with Crippen molar-refractivity contribution in [2.75, 3.05) is 26.7 Å². The molecule has 0 aromatic carbocycles. The Balaban J connectivity index is 0.00000147. The lowest BCUT2D eigenvalue weighted by Crippen LogP contribution is -2.47. The summed E-state index contributed by atoms with van der Waals surface area (Å²) in [5, 5.41) is 3.43. The van der Waals surface area contributed by atoms with E-state index in [0.29, 0.717) is 23.5 Å². The summed E-state index contributed by atoms with van der Waals surface area (Å²) in [5.74, 6) is 1.09. The molecular formula is C14H20ClN3O2. The highest BCUT2D eigenvalue weighted by atomic mass is 35.5. The number of nitrogens with zero attached hydrogens (tertiary/aromatic N) is 2. The van der Waals surface area contributed by atoms with E-state index in [1.165, 1.54) is 6.42 Å². The van der Waals surface area contributed by atoms with Gasteiger partial charge in [-0.25, -0.2) is 4.98 Å². The van der Waals surface area contributed by atoms with Crippen LogP contribution in [-0.2, 0) is 0 Å². The fourth-order valence-electron chi connectivity index (χ4n) is 2.98. The van der Waals surface area contributed by atoms with Crippen LogP contribution in [0.5, 0.6) is 5.88 Å². The van der Waals surface area contributed by atoms with Crippen LogP contribution in [0.1, 0.15) is 23.3 Å². The summed E-state index contributed by atoms with van der Waals surface area (Å²) in [7, 11) is 1.56. The Kier molecular flexibility index (Phi) is 4.83. The van der Waals surface area contributed by atoms with Crippen LogP contribution < -0.4 is 10.1 Å². The number of piperidine rings is 1. The molecule has 0 spiro atoms. The molecule has 1 aromatic heterocycles. The second-order valence-corrected chi connectivity index (χ2v) is 5.28. The third-order valence-electron chi connectivity index (χ3n) is 4.03. The van der Waals surface area contributed by atoms with Gasteiger partial charge in [0.05, 0.1) is 7.11 Å². The highest BCUT2D eigenvalue weighted by Crippen LogP contribution is 2.25. The third kappa shape index (κ3) is 2.88. The van der Waals surface area contributed by atoms with Gasteiger partial charge in [0.2, 0.25) is 5.88 Å². The molecule has 2 bridgehead atoms. The minimum Gasteiger partial charge on any atom is -0.481 e. The number of carbonyl (C=O) groups is 1. The second-order valence-electron chi connectivity index (χ2n) is 5.28. The van der Waals surface area contributed by atoms with Crippen molar-refractivity contribution < 1.29 is 9.53 Å². The molecule has 2 unspecified atom stereocenters. The van der Waals surface area contributed by atoms with Gasteiger partial charge in [0.1, 0.15) is 5.69 Å². The number of pyridine rings is 1. The van der Waals surface area contributed by atoms with Crippen molar-refractivity contribution in [1.29, 1.82) is 0 Å². The van der Waals surface area contributed by atoms with Gasteiger partial charge in [-0.05, 0) is 31.4 Å². The van der Waals surface area contributed by atoms with E-state index in [9.17, 15) is 4.79 Å². The average molecular weight is 298 g/mol. The first-order valence-corrected chi connectivity index (χ1v) is 6.80. The molecule has 4 rings (SSSR count). The SMILES string of the molecule is COc1cccc(C(=O)N2CC3CCC2CNC3)n1.Cl. The van der Waals surface area contributed by atoms with Gasteiger partial charge in [0.15, 0.2) is 0 Å². The average Bonchev–Trinajstić information content (AvgIpc) is 2.82. The summed E-state index contributed by atoms with van der Waals surface area (Å²) in [5.41, 5.74) is 0.479. The van der Waals surface area contributed by atoms with Crippen molar-refractivity contribution in [2.45, 2.75) is 18.9 Å². The minimum absolute atomic E-state index is 0. The topological polar surface area (TPSA) is 54.5 Å². The Morgan fingerprint density at radius 3 is 3.05 bits per heavy atom. The largest absolute Gasteiger partial charge is 0.481 e. The molecule has 6 heteroatoms. The lowest BCUT2D eigenvalue weighted by Gasteiger charge is -2.35. The molecule has 20 heavy (non-hydrogen) atoms. The number of aromatic nitrogens is 1. The number of halogens is 1. The van der Waals surface area contributed by atoms with Crippen LogP contribution in [0.15, 0.2) is 18.2 Å². The van der Waals surface area contributed by atoms with Crippen molar-refractivity contribution in [3.63, 3.8) is 0 Å². The Morgan fingerprint density at radius 2 is 2.25 bits per heavy atom. The molecule has 2 atom stereocenters. The van der Waals surface area contributed by atoms with Gasteiger partial charge >= 0.3 is 0 Å². The normalized spacial score (nSPS) is 24.8. The van der Waals surface area contributed by atoms with Gasteiger partial charge in [0, 0.05) is 25.2 Å². The van der Waals surface area contributed by atoms with Crippen molar-refractivity contribution in [2.24, 2.45) is 5.92 Å². The number of rotatable bonds is 2. The van der Waals surface area contributed by atoms with Crippen LogP contribution in [0.3, 0.4) is 0 Å². The first-order valence-electron chi connectivity index (χ1n) is 6.80. The van der Waals surface area contributed by atoms with Crippen LogP contribution >= 0.6 is 12.4 Å². The number of hydrogen-bond acceptors (Lipinski definition) is 4. The van der Waals surface area contributed by atoms with E-state index < -0.39 is 0 Å². The summed E-state index contributed by atoms with van der Waals surface area (Å²) in [6.45, 7) is 2.76. The van der Waals surface area contributed by atoms with Gasteiger partial charge in [-0.1, -0.05) is 6.07 Å². The predicted molar refractivity (Wildman–Crippen MR) is 78.5 cm³/mol. The summed E-state index contributed by atoms with van der Waals surface area (Å²) in [6.07, 6.45) is 2.31. The summed E-state index contributed by atoms with van der Waals surface area (Å²) < 4.78 is 5.08. The molecule has 1 amide bonds. The van der Waals surface area contributed by atoms with Crippen molar-refractivity contribution in [3.05, 3.63) is 23.9 Å². The van der Waals surface area contributed by atoms with E-state index in [2.05, 4.69) is 10.3 Å². The van der Waals surface area contributed by atoms with Crippen molar-refractivity contribution >= 4 is 18.3 Å². The van der Waals surface area contributed by atoms with Crippen LogP contribution in [0.25, 0.3) is 0 Å². The molecule has 1 N–H and O–H groups in total. The highest BCUT2D eigenvalue weighted by Gasteiger charge is 2.34. The number of amides is 1. The molecule has 3 aliphatic rings. The number of hydrogen-bond donors (Lipinski definition) is 1. The van der Waals surface area contributed by atoms with Crippen molar-refractivity contribution in [1.82, 2.24) is 15.2 Å². The molecule has 4 heterocycles. The van der Waals surface area contributed by atoms with Gasteiger partial charge in [0.25, 0.3) is 5.91 Å². The fourth-order valence-corrected chi connectivity index (χ4v) is 2.98. The Bertz CT molecular complexity index is 479. The second kappa shape index (κ2) is 6.41. The lowest BCUT2D eigenvalue weighted by molar-refractivity contribution is 0.0584. The van der Waals surface area contributed by atoms with E-state index in [1.54, 1.807) is 19.2 Å². The van der Waals surface area contributed by atoms with Crippen molar-refractivity contribution in [3.8, 4) is 5.88 Å². The molecule has 1 aromatic rings. The molecule has 3 saturated heterocycles. The fraction of sp³-hybridized carbons (Fsp3) is 0.571. The summed E-state index contributed by atoms with van der Waals surface area (Å²) in [4.78, 5) is 18.8. The van der Waals surface area contributed by atoms with Gasteiger partial charge in [-0.15, -0.1) is 12.4 Å². The maximum absolute atomic E-state index is 12.6. The van der Waals surface area contributed by atoms with Crippen LogP contribution in [0, 0.1) is 5.92 Å². The molecule has 0 radical (unpaired) electrons. The van der Waals surface area contributed by atoms with Gasteiger partial charge in [-0.2, -0.15) is 0 Å². The zero-order valence-electron chi connectivity index (χ0n) is 11.5. The zero-order chi connectivity index (χ0) is 13.2. The first-order chi connectivity index (χ1) is 9.28. The third-order valence-corrected chi connectivity index (χ3v) is 4.03. The maximum atomic E-state index is 12.6. The Labute approximate surface area is 125 Å². The van der Waals surface area contributed by atoms with E-state index in [1.807, 2.05) is 11.0 Å². The number of methoxy groups -OCH3 is 1. The van der Waals surface area contributed by atoms with Crippen LogP contribution in [0.4, 0.5) is 0 Å². The Morgan fingerprint density at radius 1 is 1.40 bits per heavy atom. The standard InChI is InChI=1S/C14H19N3O2.ClH/c1-19-13-4-2-3-12(16-13)14(18)17-9-10-5-6-11(17)8-15-7-10;/h2-4,10-11,15H,5-9H2,1H3;1H. The maximum Gasteiger partial charge on any atom is 0.272 e. The lowest BCUT2D eigenvalue weighted by atomic mass is 9.94. The van der Waals surface area contributed by atoms with Gasteiger partial charge < -0.3 is 15.0 Å². The molecule has 3 aliphatic heterocycles. The Hall–Kier alpha value is -1.33. The first kappa shape index (κ1) is 15.1. The smallest absolute Gasteiger partial charge is 0.272 e. The van der Waals surface area contributed by atoms with E-state index in [4.69, 9.17) is 4.74 Å². The molecule has 0 aliphatic carbocycles. The molecule has 110 valence electrons. The van der Waals surface area contributed by atoms with E-state index >= 15 is 0 Å². The zero-order valence-corrected chi connectivity index (χ0v) is 12.4.